The zero-order valence-corrected chi connectivity index (χ0v) is 14.7. The fourth-order valence-corrected chi connectivity index (χ4v) is 3.55. The number of amides is 1. The zero-order valence-electron chi connectivity index (χ0n) is 14.7. The Labute approximate surface area is 155 Å². The van der Waals surface area contributed by atoms with Crippen molar-refractivity contribution in [1.29, 1.82) is 0 Å². The van der Waals surface area contributed by atoms with Crippen molar-refractivity contribution in [3.05, 3.63) is 65.2 Å². The van der Waals surface area contributed by atoms with Crippen molar-refractivity contribution in [2.45, 2.75) is 30.9 Å². The number of halogens is 2. The number of likely N-dealkylation sites (N-methyl/N-ethyl adjacent to an activating group) is 1. The largest absolute Gasteiger partial charge is 0.435 e. The molecule has 2 N–H and O–H groups in total. The molecule has 2 aromatic rings. The second-order valence-corrected chi connectivity index (χ2v) is 6.82. The van der Waals surface area contributed by atoms with Crippen LogP contribution in [0.15, 0.2) is 53.5 Å². The summed E-state index contributed by atoms with van der Waals surface area (Å²) in [5, 5.41) is 0. The summed E-state index contributed by atoms with van der Waals surface area (Å²) in [6, 6.07) is 14.0. The van der Waals surface area contributed by atoms with Gasteiger partial charge in [-0.05, 0) is 47.6 Å². The SMILES string of the molecule is CN1C(=O)[C@@](c2ccccc2)(c2ccc(OC(F)F)c(C3CC3)c2)N=C1N. The quantitative estimate of drug-likeness (QED) is 0.878. The third kappa shape index (κ3) is 2.83. The Hall–Kier alpha value is -2.96. The molecule has 0 saturated heterocycles. The van der Waals surface area contributed by atoms with E-state index in [1.54, 1.807) is 19.2 Å². The predicted molar refractivity (Wildman–Crippen MR) is 96.7 cm³/mol. The lowest BCUT2D eigenvalue weighted by atomic mass is 9.81. The Kier molecular flexibility index (Phi) is 4.09. The van der Waals surface area contributed by atoms with Gasteiger partial charge in [-0.15, -0.1) is 0 Å². The molecule has 7 heteroatoms. The fourth-order valence-electron chi connectivity index (χ4n) is 3.55. The fraction of sp³-hybridized carbons (Fsp3) is 0.300. The standard InChI is InChI=1S/C20H19F2N3O2/c1-25-17(26)20(24-19(25)23,13-5-3-2-4-6-13)14-9-10-16(27-18(21)22)15(11-14)12-7-8-12/h2-6,9-12,18H,7-8H2,1H3,(H2,23,24)/t20-/m1/s1. The third-order valence-electron chi connectivity index (χ3n) is 5.09. The first-order chi connectivity index (χ1) is 12.9. The van der Waals surface area contributed by atoms with Gasteiger partial charge in [-0.2, -0.15) is 8.78 Å². The van der Waals surface area contributed by atoms with Crippen LogP contribution in [0.5, 0.6) is 5.75 Å². The lowest BCUT2D eigenvalue weighted by Crippen LogP contribution is -2.41. The molecule has 1 atom stereocenters. The van der Waals surface area contributed by atoms with E-state index in [9.17, 15) is 13.6 Å². The third-order valence-corrected chi connectivity index (χ3v) is 5.09. The van der Waals surface area contributed by atoms with Gasteiger partial charge in [-0.1, -0.05) is 36.4 Å². The Bertz CT molecular complexity index is 913. The first-order valence-corrected chi connectivity index (χ1v) is 8.71. The van der Waals surface area contributed by atoms with Crippen molar-refractivity contribution in [2.75, 3.05) is 7.05 Å². The molecule has 0 bridgehead atoms. The van der Waals surface area contributed by atoms with Crippen LogP contribution >= 0.6 is 0 Å². The van der Waals surface area contributed by atoms with Gasteiger partial charge in [-0.25, -0.2) is 4.99 Å². The molecular weight excluding hydrogens is 352 g/mol. The Morgan fingerprint density at radius 2 is 1.89 bits per heavy atom. The van der Waals surface area contributed by atoms with E-state index in [0.29, 0.717) is 16.7 Å². The number of nitrogens with zero attached hydrogens (tertiary/aromatic N) is 2. The molecule has 1 amide bonds. The van der Waals surface area contributed by atoms with Crippen LogP contribution in [0.2, 0.25) is 0 Å². The average Bonchev–Trinajstić information content (AvgIpc) is 3.47. The van der Waals surface area contributed by atoms with Crippen LogP contribution in [-0.2, 0) is 10.3 Å². The molecule has 0 spiro atoms. The number of ether oxygens (including phenoxy) is 1. The molecule has 0 unspecified atom stereocenters. The second kappa shape index (κ2) is 6.33. The van der Waals surface area contributed by atoms with Crippen LogP contribution < -0.4 is 10.5 Å². The number of alkyl halides is 2. The molecule has 0 aromatic heterocycles. The van der Waals surface area contributed by atoms with Crippen LogP contribution in [0.4, 0.5) is 8.78 Å². The number of aliphatic imine (C=N–C) groups is 1. The number of hydrogen-bond donors (Lipinski definition) is 1. The minimum atomic E-state index is -2.90. The van der Waals surface area contributed by atoms with E-state index in [0.717, 1.165) is 12.8 Å². The van der Waals surface area contributed by atoms with Gasteiger partial charge in [0.2, 0.25) is 0 Å². The van der Waals surface area contributed by atoms with Crippen molar-refractivity contribution in [2.24, 2.45) is 10.7 Å². The first-order valence-electron chi connectivity index (χ1n) is 8.71. The van der Waals surface area contributed by atoms with E-state index < -0.39 is 12.2 Å². The summed E-state index contributed by atoms with van der Waals surface area (Å²) in [6.45, 7) is -2.90. The number of carbonyl (C=O) groups is 1. The number of guanidine groups is 1. The summed E-state index contributed by atoms with van der Waals surface area (Å²) < 4.78 is 30.2. The van der Waals surface area contributed by atoms with Crippen molar-refractivity contribution in [1.82, 2.24) is 4.90 Å². The number of rotatable bonds is 5. The van der Waals surface area contributed by atoms with Crippen molar-refractivity contribution in [3.8, 4) is 5.75 Å². The molecule has 4 rings (SSSR count). The van der Waals surface area contributed by atoms with Crippen LogP contribution in [0.3, 0.4) is 0 Å². The lowest BCUT2D eigenvalue weighted by Gasteiger charge is -2.27. The summed E-state index contributed by atoms with van der Waals surface area (Å²) in [7, 11) is 1.57. The second-order valence-electron chi connectivity index (χ2n) is 6.82. The summed E-state index contributed by atoms with van der Waals surface area (Å²) in [5.41, 5.74) is 6.57. The summed E-state index contributed by atoms with van der Waals surface area (Å²) in [6.07, 6.45) is 1.81. The van der Waals surface area contributed by atoms with Crippen LogP contribution in [0.25, 0.3) is 0 Å². The molecule has 5 nitrogen and oxygen atoms in total. The van der Waals surface area contributed by atoms with Gasteiger partial charge in [-0.3, -0.25) is 9.69 Å². The Morgan fingerprint density at radius 3 is 2.44 bits per heavy atom. The molecule has 1 aliphatic heterocycles. The molecule has 2 aliphatic rings. The van der Waals surface area contributed by atoms with Crippen LogP contribution in [-0.4, -0.2) is 30.4 Å². The topological polar surface area (TPSA) is 67.9 Å². The number of nitrogens with two attached hydrogens (primary N) is 1. The van der Waals surface area contributed by atoms with E-state index in [1.807, 2.05) is 30.3 Å². The molecule has 1 saturated carbocycles. The summed E-state index contributed by atoms with van der Waals surface area (Å²) in [4.78, 5) is 19.0. The highest BCUT2D eigenvalue weighted by Gasteiger charge is 2.50. The van der Waals surface area contributed by atoms with Gasteiger partial charge in [0.15, 0.2) is 11.5 Å². The maximum absolute atomic E-state index is 13.2. The van der Waals surface area contributed by atoms with Crippen molar-refractivity contribution < 1.29 is 18.3 Å². The molecular formula is C20H19F2N3O2. The van der Waals surface area contributed by atoms with E-state index in [1.165, 1.54) is 11.0 Å². The minimum absolute atomic E-state index is 0.115. The highest BCUT2D eigenvalue weighted by molar-refractivity contribution is 6.08. The van der Waals surface area contributed by atoms with E-state index in [-0.39, 0.29) is 23.5 Å². The van der Waals surface area contributed by atoms with Gasteiger partial charge in [0.1, 0.15) is 5.75 Å². The molecule has 140 valence electrons. The van der Waals surface area contributed by atoms with E-state index in [2.05, 4.69) is 9.73 Å². The number of hydrogen-bond acceptors (Lipinski definition) is 4. The monoisotopic (exact) mass is 371 g/mol. The molecule has 1 fully saturated rings. The maximum atomic E-state index is 13.2. The van der Waals surface area contributed by atoms with Crippen LogP contribution in [0.1, 0.15) is 35.4 Å². The number of carbonyl (C=O) groups excluding carboxylic acids is 1. The van der Waals surface area contributed by atoms with Gasteiger partial charge in [0.25, 0.3) is 5.91 Å². The normalized spacial score (nSPS) is 22.3. The highest BCUT2D eigenvalue weighted by Crippen LogP contribution is 2.47. The highest BCUT2D eigenvalue weighted by atomic mass is 19.3. The first kappa shape index (κ1) is 17.5. The molecule has 2 aromatic carbocycles. The van der Waals surface area contributed by atoms with E-state index in [4.69, 9.17) is 5.73 Å². The Balaban J connectivity index is 1.90. The molecule has 27 heavy (non-hydrogen) atoms. The molecule has 1 heterocycles. The van der Waals surface area contributed by atoms with Gasteiger partial charge in [0, 0.05) is 7.05 Å². The minimum Gasteiger partial charge on any atom is -0.435 e. The predicted octanol–water partition coefficient (Wildman–Crippen LogP) is 3.20. The van der Waals surface area contributed by atoms with Gasteiger partial charge in [0.05, 0.1) is 0 Å². The van der Waals surface area contributed by atoms with Gasteiger partial charge < -0.3 is 10.5 Å². The molecule has 0 radical (unpaired) electrons. The number of benzene rings is 2. The van der Waals surface area contributed by atoms with E-state index >= 15 is 0 Å². The Morgan fingerprint density at radius 1 is 1.19 bits per heavy atom. The maximum Gasteiger partial charge on any atom is 0.387 e. The smallest absolute Gasteiger partial charge is 0.387 e. The lowest BCUT2D eigenvalue weighted by molar-refractivity contribution is -0.129. The van der Waals surface area contributed by atoms with Gasteiger partial charge >= 0.3 is 6.61 Å². The molecule has 1 aliphatic carbocycles. The van der Waals surface area contributed by atoms with Crippen LogP contribution in [0, 0.1) is 0 Å². The average molecular weight is 371 g/mol. The van der Waals surface area contributed by atoms with Crippen molar-refractivity contribution >= 4 is 11.9 Å². The summed E-state index contributed by atoms with van der Waals surface area (Å²) >= 11 is 0. The van der Waals surface area contributed by atoms with Crippen molar-refractivity contribution in [3.63, 3.8) is 0 Å². The summed E-state index contributed by atoms with van der Waals surface area (Å²) in [5.74, 6) is 0.137. The zero-order chi connectivity index (χ0) is 19.2.